The van der Waals surface area contributed by atoms with Crippen LogP contribution in [0.1, 0.15) is 0 Å². The summed E-state index contributed by atoms with van der Waals surface area (Å²) in [4.78, 5) is 24.8. The summed E-state index contributed by atoms with van der Waals surface area (Å²) in [5, 5.41) is 11.9. The van der Waals surface area contributed by atoms with Crippen LogP contribution in [0.3, 0.4) is 0 Å². The topological polar surface area (TPSA) is 85.5 Å². The standard InChI is InChI=1S/C14H21N5O2/c1-19(2)14(21)16-8-7-15-13(20)12-9-17-10-5-3-4-6-11(10)18-12/h3-6,12,17-18H,7-9H2,1-2H3,(H,15,20)(H,16,21). The van der Waals surface area contributed by atoms with Gasteiger partial charge in [0.15, 0.2) is 0 Å². The third kappa shape index (κ3) is 4.01. The van der Waals surface area contributed by atoms with Gasteiger partial charge in [-0.15, -0.1) is 0 Å². The normalized spacial score (nSPS) is 16.0. The molecule has 1 aliphatic rings. The second-order valence-electron chi connectivity index (χ2n) is 5.04. The molecule has 0 bridgehead atoms. The van der Waals surface area contributed by atoms with Crippen molar-refractivity contribution in [3.63, 3.8) is 0 Å². The molecule has 3 amide bonds. The molecule has 1 unspecified atom stereocenters. The van der Waals surface area contributed by atoms with Gasteiger partial charge in [-0.2, -0.15) is 0 Å². The minimum absolute atomic E-state index is 0.0869. The van der Waals surface area contributed by atoms with Crippen LogP contribution < -0.4 is 21.3 Å². The number of carbonyl (C=O) groups is 2. The summed E-state index contributed by atoms with van der Waals surface area (Å²) in [5.41, 5.74) is 1.92. The van der Waals surface area contributed by atoms with Crippen LogP contribution in [0.2, 0.25) is 0 Å². The van der Waals surface area contributed by atoms with Gasteiger partial charge in [0.2, 0.25) is 5.91 Å². The highest BCUT2D eigenvalue weighted by atomic mass is 16.2. The van der Waals surface area contributed by atoms with Gasteiger partial charge >= 0.3 is 6.03 Å². The summed E-state index contributed by atoms with van der Waals surface area (Å²) in [6.45, 7) is 1.34. The summed E-state index contributed by atoms with van der Waals surface area (Å²) in [7, 11) is 3.34. The Balaban J connectivity index is 1.74. The van der Waals surface area contributed by atoms with E-state index < -0.39 is 0 Å². The number of fused-ring (bicyclic) bond motifs is 1. The Morgan fingerprint density at radius 1 is 1.19 bits per heavy atom. The first-order valence-electron chi connectivity index (χ1n) is 6.90. The molecule has 7 nitrogen and oxygen atoms in total. The summed E-state index contributed by atoms with van der Waals surface area (Å²) >= 11 is 0. The van der Waals surface area contributed by atoms with E-state index in [1.165, 1.54) is 4.90 Å². The van der Waals surface area contributed by atoms with E-state index in [-0.39, 0.29) is 18.0 Å². The number of nitrogens with zero attached hydrogens (tertiary/aromatic N) is 1. The van der Waals surface area contributed by atoms with Gasteiger partial charge in [-0.3, -0.25) is 4.79 Å². The van der Waals surface area contributed by atoms with Gasteiger partial charge in [0.1, 0.15) is 6.04 Å². The first-order chi connectivity index (χ1) is 10.1. The van der Waals surface area contributed by atoms with E-state index in [0.717, 1.165) is 11.4 Å². The minimum Gasteiger partial charge on any atom is -0.381 e. The highest BCUT2D eigenvalue weighted by Crippen LogP contribution is 2.24. The zero-order chi connectivity index (χ0) is 15.2. The average molecular weight is 291 g/mol. The van der Waals surface area contributed by atoms with E-state index in [1.54, 1.807) is 14.1 Å². The number of hydrogen-bond donors (Lipinski definition) is 4. The summed E-state index contributed by atoms with van der Waals surface area (Å²) in [6, 6.07) is 7.28. The van der Waals surface area contributed by atoms with Crippen LogP contribution in [0.15, 0.2) is 24.3 Å². The zero-order valence-electron chi connectivity index (χ0n) is 12.3. The van der Waals surface area contributed by atoms with Crippen LogP contribution in [0, 0.1) is 0 Å². The molecule has 1 atom stereocenters. The molecule has 0 saturated carbocycles. The second kappa shape index (κ2) is 6.83. The number of hydrogen-bond acceptors (Lipinski definition) is 4. The lowest BCUT2D eigenvalue weighted by molar-refractivity contribution is -0.121. The predicted molar refractivity (Wildman–Crippen MR) is 82.4 cm³/mol. The fourth-order valence-electron chi connectivity index (χ4n) is 2.01. The van der Waals surface area contributed by atoms with Gasteiger partial charge in [0.05, 0.1) is 11.4 Å². The molecule has 21 heavy (non-hydrogen) atoms. The van der Waals surface area contributed by atoms with E-state index >= 15 is 0 Å². The summed E-state index contributed by atoms with van der Waals surface area (Å²) in [5.74, 6) is -0.0869. The lowest BCUT2D eigenvalue weighted by atomic mass is 10.1. The Labute approximate surface area is 124 Å². The van der Waals surface area contributed by atoms with Crippen LogP contribution in [0.25, 0.3) is 0 Å². The Morgan fingerprint density at radius 3 is 2.57 bits per heavy atom. The Bertz CT molecular complexity index is 518. The molecule has 4 N–H and O–H groups in total. The highest BCUT2D eigenvalue weighted by Gasteiger charge is 2.22. The fourth-order valence-corrected chi connectivity index (χ4v) is 2.01. The molecule has 114 valence electrons. The third-order valence-corrected chi connectivity index (χ3v) is 3.18. The smallest absolute Gasteiger partial charge is 0.316 e. The SMILES string of the molecule is CN(C)C(=O)NCCNC(=O)C1CNc2ccccc2N1. The molecule has 0 aliphatic carbocycles. The van der Waals surface area contributed by atoms with Crippen molar-refractivity contribution in [1.29, 1.82) is 0 Å². The predicted octanol–water partition coefficient (Wildman–Crippen LogP) is 0.280. The maximum absolute atomic E-state index is 12.0. The van der Waals surface area contributed by atoms with Gasteiger partial charge in [0.25, 0.3) is 0 Å². The van der Waals surface area contributed by atoms with Crippen molar-refractivity contribution in [2.24, 2.45) is 0 Å². The summed E-state index contributed by atoms with van der Waals surface area (Å²) < 4.78 is 0. The quantitative estimate of drug-likeness (QED) is 0.600. The minimum atomic E-state index is -0.315. The molecule has 0 saturated heterocycles. The highest BCUT2D eigenvalue weighted by molar-refractivity contribution is 5.88. The van der Waals surface area contributed by atoms with Crippen molar-refractivity contribution < 1.29 is 9.59 Å². The van der Waals surface area contributed by atoms with Gasteiger partial charge in [-0.1, -0.05) is 12.1 Å². The van der Waals surface area contributed by atoms with Crippen LogP contribution in [-0.2, 0) is 4.79 Å². The number of amides is 3. The van der Waals surface area contributed by atoms with E-state index in [9.17, 15) is 9.59 Å². The number of benzene rings is 1. The number of carbonyl (C=O) groups excluding carboxylic acids is 2. The lowest BCUT2D eigenvalue weighted by Gasteiger charge is -2.27. The van der Waals surface area contributed by atoms with Gasteiger partial charge in [0, 0.05) is 33.7 Å². The van der Waals surface area contributed by atoms with Crippen LogP contribution in [-0.4, -0.2) is 56.6 Å². The van der Waals surface area contributed by atoms with Gasteiger partial charge < -0.3 is 26.2 Å². The van der Waals surface area contributed by atoms with Crippen molar-refractivity contribution in [2.45, 2.75) is 6.04 Å². The first kappa shape index (κ1) is 15.0. The molecular formula is C14H21N5O2. The van der Waals surface area contributed by atoms with Crippen molar-refractivity contribution >= 4 is 23.3 Å². The van der Waals surface area contributed by atoms with E-state index in [0.29, 0.717) is 19.6 Å². The molecule has 0 fully saturated rings. The molecule has 1 aliphatic heterocycles. The Morgan fingerprint density at radius 2 is 1.86 bits per heavy atom. The van der Waals surface area contributed by atoms with Crippen LogP contribution >= 0.6 is 0 Å². The number of anilines is 2. The molecule has 0 spiro atoms. The molecule has 0 radical (unpaired) electrons. The van der Waals surface area contributed by atoms with Crippen molar-refractivity contribution in [3.05, 3.63) is 24.3 Å². The van der Waals surface area contributed by atoms with Gasteiger partial charge in [-0.25, -0.2) is 4.79 Å². The monoisotopic (exact) mass is 291 g/mol. The molecule has 2 rings (SSSR count). The molecule has 1 heterocycles. The second-order valence-corrected chi connectivity index (χ2v) is 5.04. The van der Waals surface area contributed by atoms with Crippen molar-refractivity contribution in [3.8, 4) is 0 Å². The number of para-hydroxylation sites is 2. The number of urea groups is 1. The number of rotatable bonds is 4. The molecular weight excluding hydrogens is 270 g/mol. The first-order valence-corrected chi connectivity index (χ1v) is 6.90. The molecule has 1 aromatic carbocycles. The van der Waals surface area contributed by atoms with E-state index in [2.05, 4.69) is 21.3 Å². The summed E-state index contributed by atoms with van der Waals surface area (Å²) in [6.07, 6.45) is 0. The Kier molecular flexibility index (Phi) is 4.86. The van der Waals surface area contributed by atoms with E-state index in [1.807, 2.05) is 24.3 Å². The number of nitrogens with one attached hydrogen (secondary N) is 4. The van der Waals surface area contributed by atoms with Gasteiger partial charge in [-0.05, 0) is 12.1 Å². The fraction of sp³-hybridized carbons (Fsp3) is 0.429. The van der Waals surface area contributed by atoms with Crippen molar-refractivity contribution in [1.82, 2.24) is 15.5 Å². The third-order valence-electron chi connectivity index (χ3n) is 3.18. The largest absolute Gasteiger partial charge is 0.381 e. The molecule has 7 heteroatoms. The van der Waals surface area contributed by atoms with Crippen LogP contribution in [0.4, 0.5) is 16.2 Å². The van der Waals surface area contributed by atoms with Crippen molar-refractivity contribution in [2.75, 3.05) is 44.4 Å². The average Bonchev–Trinajstić information content (AvgIpc) is 2.50. The lowest BCUT2D eigenvalue weighted by Crippen LogP contribution is -2.48. The molecule has 1 aromatic rings. The van der Waals surface area contributed by atoms with Crippen LogP contribution in [0.5, 0.6) is 0 Å². The zero-order valence-corrected chi connectivity index (χ0v) is 12.3. The van der Waals surface area contributed by atoms with E-state index in [4.69, 9.17) is 0 Å². The maximum atomic E-state index is 12.0. The Hall–Kier alpha value is -2.44. The molecule has 0 aromatic heterocycles. The maximum Gasteiger partial charge on any atom is 0.316 e.